The fourth-order valence-electron chi connectivity index (χ4n) is 3.33. The number of nitrogens with one attached hydrogen (secondary N) is 1. The van der Waals surface area contributed by atoms with Crippen LogP contribution >= 0.6 is 11.6 Å². The van der Waals surface area contributed by atoms with Gasteiger partial charge < -0.3 is 11.1 Å². The lowest BCUT2D eigenvalue weighted by Crippen LogP contribution is -2.35. The molecular weight excluding hydrogens is 367 g/mol. The van der Waals surface area contributed by atoms with Crippen LogP contribution in [0.5, 0.6) is 0 Å². The average Bonchev–Trinajstić information content (AvgIpc) is 3.45. The van der Waals surface area contributed by atoms with Gasteiger partial charge in [0.2, 0.25) is 5.91 Å². The second kappa shape index (κ2) is 8.19. The van der Waals surface area contributed by atoms with Gasteiger partial charge in [0, 0.05) is 29.6 Å². The number of hydrogen-bond acceptors (Lipinski definition) is 3. The van der Waals surface area contributed by atoms with Crippen molar-refractivity contribution in [1.29, 1.82) is 0 Å². The first-order valence-corrected chi connectivity index (χ1v) is 9.38. The van der Waals surface area contributed by atoms with E-state index in [2.05, 4.69) is 5.32 Å². The molecule has 0 radical (unpaired) electrons. The van der Waals surface area contributed by atoms with Crippen LogP contribution < -0.4 is 11.1 Å². The maximum atomic E-state index is 15.4. The Morgan fingerprint density at radius 2 is 1.89 bits per heavy atom. The monoisotopic (exact) mass is 388 g/mol. The van der Waals surface area contributed by atoms with Crippen molar-refractivity contribution in [2.45, 2.75) is 38.3 Å². The highest BCUT2D eigenvalue weighted by Crippen LogP contribution is 2.43. The lowest BCUT2D eigenvalue weighted by Gasteiger charge is -2.24. The van der Waals surface area contributed by atoms with Crippen molar-refractivity contribution in [3.05, 3.63) is 70.0 Å². The van der Waals surface area contributed by atoms with Gasteiger partial charge in [-0.15, -0.1) is 0 Å². The van der Waals surface area contributed by atoms with Gasteiger partial charge in [0.25, 0.3) is 0 Å². The summed E-state index contributed by atoms with van der Waals surface area (Å²) in [6.45, 7) is 1.84. The van der Waals surface area contributed by atoms with Gasteiger partial charge in [0.15, 0.2) is 5.78 Å². The Morgan fingerprint density at radius 3 is 2.48 bits per heavy atom. The zero-order chi connectivity index (χ0) is 19.6. The minimum Gasteiger partial charge on any atom is -0.370 e. The number of ketones is 1. The molecule has 6 heteroatoms. The van der Waals surface area contributed by atoms with Gasteiger partial charge in [-0.3, -0.25) is 9.59 Å². The number of halogens is 2. The molecule has 1 aliphatic rings. The molecule has 0 unspecified atom stereocenters. The molecule has 0 spiro atoms. The van der Waals surface area contributed by atoms with Crippen molar-refractivity contribution >= 4 is 23.3 Å². The first kappa shape index (κ1) is 19.5. The maximum absolute atomic E-state index is 15.4. The summed E-state index contributed by atoms with van der Waals surface area (Å²) in [4.78, 5) is 24.0. The van der Waals surface area contributed by atoms with Crippen LogP contribution in [-0.2, 0) is 4.79 Å². The van der Waals surface area contributed by atoms with E-state index in [0.717, 1.165) is 12.8 Å². The van der Waals surface area contributed by atoms with Gasteiger partial charge in [0.05, 0.1) is 10.6 Å². The highest BCUT2D eigenvalue weighted by Gasteiger charge is 2.36. The third-order valence-corrected chi connectivity index (χ3v) is 5.10. The number of amides is 1. The Labute approximate surface area is 162 Å². The van der Waals surface area contributed by atoms with Gasteiger partial charge >= 0.3 is 0 Å². The first-order chi connectivity index (χ1) is 12.9. The standard InChI is InChI=1S/C21H22ClFN2O2/c1-12(11-17(24)26)25-20(13-7-8-13)15-9-10-16(22)18(19(15)23)21(27)14-5-3-2-4-6-14/h2-6,9-10,12-13,20,25H,7-8,11H2,1H3,(H2,24,26)/t12-,20-/m1/s1. The number of primary amides is 1. The molecule has 2 aromatic carbocycles. The molecule has 2 aromatic rings. The molecular formula is C21H22ClFN2O2. The maximum Gasteiger partial charge on any atom is 0.218 e. The molecule has 3 rings (SSSR count). The Hall–Kier alpha value is -2.24. The largest absolute Gasteiger partial charge is 0.370 e. The normalized spacial score (nSPS) is 16.0. The van der Waals surface area contributed by atoms with Gasteiger partial charge in [-0.2, -0.15) is 0 Å². The molecule has 4 nitrogen and oxygen atoms in total. The summed E-state index contributed by atoms with van der Waals surface area (Å²) in [7, 11) is 0. The molecule has 1 fully saturated rings. The Morgan fingerprint density at radius 1 is 1.22 bits per heavy atom. The summed E-state index contributed by atoms with van der Waals surface area (Å²) >= 11 is 6.18. The van der Waals surface area contributed by atoms with E-state index in [-0.39, 0.29) is 35.0 Å². The molecule has 3 N–H and O–H groups in total. The number of carbonyl (C=O) groups is 2. The predicted molar refractivity (Wildman–Crippen MR) is 103 cm³/mol. The van der Waals surface area contributed by atoms with Crippen LogP contribution in [0.1, 0.15) is 53.7 Å². The fraction of sp³-hybridized carbons (Fsp3) is 0.333. The molecule has 142 valence electrons. The van der Waals surface area contributed by atoms with Crippen molar-refractivity contribution < 1.29 is 14.0 Å². The van der Waals surface area contributed by atoms with Crippen molar-refractivity contribution in [2.24, 2.45) is 11.7 Å². The number of carbonyl (C=O) groups excluding carboxylic acids is 2. The van der Waals surface area contributed by atoms with E-state index in [4.69, 9.17) is 17.3 Å². The highest BCUT2D eigenvalue weighted by atomic mass is 35.5. The predicted octanol–water partition coefficient (Wildman–Crippen LogP) is 4.01. The number of hydrogen-bond donors (Lipinski definition) is 2. The van der Waals surface area contributed by atoms with Crippen LogP contribution in [0, 0.1) is 11.7 Å². The van der Waals surface area contributed by atoms with E-state index in [1.807, 2.05) is 6.92 Å². The highest BCUT2D eigenvalue weighted by molar-refractivity contribution is 6.35. The second-order valence-corrected chi connectivity index (χ2v) is 7.48. The molecule has 0 heterocycles. The lowest BCUT2D eigenvalue weighted by atomic mass is 9.94. The van der Waals surface area contributed by atoms with Crippen LogP contribution in [0.2, 0.25) is 5.02 Å². The van der Waals surface area contributed by atoms with Crippen LogP contribution in [0.4, 0.5) is 4.39 Å². The van der Waals surface area contributed by atoms with Crippen LogP contribution in [0.15, 0.2) is 42.5 Å². The average molecular weight is 389 g/mol. The summed E-state index contributed by atoms with van der Waals surface area (Å²) in [6, 6.07) is 11.2. The van der Waals surface area contributed by atoms with Gasteiger partial charge in [-0.05, 0) is 31.7 Å². The van der Waals surface area contributed by atoms with Crippen LogP contribution in [0.3, 0.4) is 0 Å². The molecule has 0 saturated heterocycles. The molecule has 1 saturated carbocycles. The van der Waals surface area contributed by atoms with E-state index in [1.54, 1.807) is 42.5 Å². The summed E-state index contributed by atoms with van der Waals surface area (Å²) in [5.41, 5.74) is 5.93. The van der Waals surface area contributed by atoms with E-state index >= 15 is 4.39 Å². The second-order valence-electron chi connectivity index (χ2n) is 7.07. The van der Waals surface area contributed by atoms with E-state index in [9.17, 15) is 9.59 Å². The third kappa shape index (κ3) is 4.54. The van der Waals surface area contributed by atoms with E-state index in [1.165, 1.54) is 0 Å². The summed E-state index contributed by atoms with van der Waals surface area (Å²) in [5.74, 6) is -1.21. The van der Waals surface area contributed by atoms with Crippen molar-refractivity contribution in [3.8, 4) is 0 Å². The molecule has 0 aliphatic heterocycles. The van der Waals surface area contributed by atoms with Crippen LogP contribution in [0.25, 0.3) is 0 Å². The number of rotatable bonds is 8. The lowest BCUT2D eigenvalue weighted by molar-refractivity contribution is -0.118. The van der Waals surface area contributed by atoms with E-state index < -0.39 is 17.5 Å². The van der Waals surface area contributed by atoms with Crippen LogP contribution in [-0.4, -0.2) is 17.7 Å². The third-order valence-electron chi connectivity index (χ3n) is 4.78. The minimum absolute atomic E-state index is 0.0878. The molecule has 0 aromatic heterocycles. The Kier molecular flexibility index (Phi) is 5.92. The van der Waals surface area contributed by atoms with Gasteiger partial charge in [0.1, 0.15) is 5.82 Å². The molecule has 1 amide bonds. The minimum atomic E-state index is -0.605. The SMILES string of the molecule is C[C@H](CC(N)=O)N[C@@H](c1ccc(Cl)c(C(=O)c2ccccc2)c1F)C1CC1. The van der Waals surface area contributed by atoms with Crippen molar-refractivity contribution in [2.75, 3.05) is 0 Å². The fourth-order valence-corrected chi connectivity index (χ4v) is 3.56. The zero-order valence-electron chi connectivity index (χ0n) is 15.0. The molecule has 27 heavy (non-hydrogen) atoms. The summed E-state index contributed by atoms with van der Waals surface area (Å²) < 4.78 is 15.4. The summed E-state index contributed by atoms with van der Waals surface area (Å²) in [5, 5.41) is 3.39. The van der Waals surface area contributed by atoms with Gasteiger partial charge in [-0.1, -0.05) is 48.0 Å². The topological polar surface area (TPSA) is 72.2 Å². The number of benzene rings is 2. The van der Waals surface area contributed by atoms with Gasteiger partial charge in [-0.25, -0.2) is 4.39 Å². The van der Waals surface area contributed by atoms with E-state index in [0.29, 0.717) is 11.1 Å². The molecule has 1 aliphatic carbocycles. The summed E-state index contributed by atoms with van der Waals surface area (Å²) in [6.07, 6.45) is 2.09. The zero-order valence-corrected chi connectivity index (χ0v) is 15.8. The quantitative estimate of drug-likeness (QED) is 0.671. The Balaban J connectivity index is 1.95. The molecule has 0 bridgehead atoms. The van der Waals surface area contributed by atoms with Crippen molar-refractivity contribution in [1.82, 2.24) is 5.32 Å². The smallest absolute Gasteiger partial charge is 0.218 e. The van der Waals surface area contributed by atoms with Crippen molar-refractivity contribution in [3.63, 3.8) is 0 Å². The first-order valence-electron chi connectivity index (χ1n) is 9.00. The molecule has 2 atom stereocenters. The number of nitrogens with two attached hydrogens (primary N) is 1. The Bertz CT molecular complexity index is 853.